The number of aromatic nitrogens is 2. The second kappa shape index (κ2) is 8.14. The van der Waals surface area contributed by atoms with E-state index in [2.05, 4.69) is 10.3 Å². The Morgan fingerprint density at radius 1 is 1.35 bits per heavy atom. The largest absolute Gasteiger partial charge is 0.379 e. The maximum Gasteiger partial charge on any atom is 0.262 e. The number of amides is 1. The van der Waals surface area contributed by atoms with E-state index in [4.69, 9.17) is 17.0 Å². The van der Waals surface area contributed by atoms with Crippen molar-refractivity contribution in [3.05, 3.63) is 38.9 Å². The average molecular weight is 375 g/mol. The standard InChI is InChI=1S/C19H25N3O3S/c1-3-22-18(24)13-10-9-12(11-15(13)21-19(22)26)17(23)20-14-7-5-4-6-8-16(14)25-2/h9-11,14,16H,3-8H2,1-2H3,(H,20,23)(H,21,26)/t14-,16-/m1/s1. The first-order valence-electron chi connectivity index (χ1n) is 9.15. The number of carbonyl (C=O) groups is 1. The first-order valence-corrected chi connectivity index (χ1v) is 9.56. The molecule has 2 atom stereocenters. The lowest BCUT2D eigenvalue weighted by molar-refractivity contribution is 0.0568. The molecule has 0 aliphatic heterocycles. The van der Waals surface area contributed by atoms with Gasteiger partial charge < -0.3 is 15.0 Å². The quantitative estimate of drug-likeness (QED) is 0.636. The van der Waals surface area contributed by atoms with E-state index < -0.39 is 0 Å². The number of hydrogen-bond acceptors (Lipinski definition) is 4. The van der Waals surface area contributed by atoms with Crippen LogP contribution in [0.5, 0.6) is 0 Å². The van der Waals surface area contributed by atoms with Gasteiger partial charge in [-0.2, -0.15) is 0 Å². The lowest BCUT2D eigenvalue weighted by Crippen LogP contribution is -2.43. The lowest BCUT2D eigenvalue weighted by Gasteiger charge is -2.25. The topological polar surface area (TPSA) is 76.1 Å². The summed E-state index contributed by atoms with van der Waals surface area (Å²) in [6.07, 6.45) is 5.31. The van der Waals surface area contributed by atoms with Crippen LogP contribution in [-0.4, -0.2) is 34.7 Å². The highest BCUT2D eigenvalue weighted by molar-refractivity contribution is 7.71. The molecule has 1 fully saturated rings. The number of nitrogens with zero attached hydrogens (tertiary/aromatic N) is 1. The zero-order valence-electron chi connectivity index (χ0n) is 15.2. The monoisotopic (exact) mass is 375 g/mol. The molecule has 1 heterocycles. The number of aromatic amines is 1. The molecule has 0 saturated heterocycles. The van der Waals surface area contributed by atoms with Crippen LogP contribution in [0.2, 0.25) is 0 Å². The van der Waals surface area contributed by atoms with E-state index >= 15 is 0 Å². The van der Waals surface area contributed by atoms with Gasteiger partial charge in [-0.05, 0) is 50.2 Å². The van der Waals surface area contributed by atoms with Gasteiger partial charge in [0, 0.05) is 19.2 Å². The molecule has 1 aliphatic carbocycles. The molecular formula is C19H25N3O3S. The van der Waals surface area contributed by atoms with E-state index in [0.29, 0.717) is 27.8 Å². The van der Waals surface area contributed by atoms with Crippen molar-refractivity contribution in [2.45, 2.75) is 57.7 Å². The molecular weight excluding hydrogens is 350 g/mol. The Balaban J connectivity index is 1.89. The van der Waals surface area contributed by atoms with Crippen molar-refractivity contribution in [3.63, 3.8) is 0 Å². The van der Waals surface area contributed by atoms with E-state index in [1.54, 1.807) is 25.3 Å². The molecule has 1 amide bonds. The number of hydrogen-bond donors (Lipinski definition) is 2. The number of nitrogens with one attached hydrogen (secondary N) is 2. The van der Waals surface area contributed by atoms with Gasteiger partial charge in [-0.15, -0.1) is 0 Å². The van der Waals surface area contributed by atoms with Gasteiger partial charge in [0.05, 0.1) is 23.0 Å². The maximum atomic E-state index is 12.7. The first kappa shape index (κ1) is 18.8. The van der Waals surface area contributed by atoms with E-state index in [1.165, 1.54) is 11.0 Å². The summed E-state index contributed by atoms with van der Waals surface area (Å²) in [5.74, 6) is -0.153. The van der Waals surface area contributed by atoms with Crippen LogP contribution < -0.4 is 10.9 Å². The summed E-state index contributed by atoms with van der Waals surface area (Å²) in [6.45, 7) is 2.38. The third-order valence-corrected chi connectivity index (χ3v) is 5.45. The fourth-order valence-corrected chi connectivity index (χ4v) is 3.98. The van der Waals surface area contributed by atoms with Gasteiger partial charge >= 0.3 is 0 Å². The molecule has 1 saturated carbocycles. The molecule has 0 unspecified atom stereocenters. The zero-order valence-corrected chi connectivity index (χ0v) is 16.0. The number of ether oxygens (including phenoxy) is 1. The molecule has 0 radical (unpaired) electrons. The minimum Gasteiger partial charge on any atom is -0.379 e. The fraction of sp³-hybridized carbons (Fsp3) is 0.526. The Kier molecular flexibility index (Phi) is 5.88. The molecule has 1 aromatic carbocycles. The van der Waals surface area contributed by atoms with E-state index in [0.717, 1.165) is 25.7 Å². The molecule has 0 bridgehead atoms. The Bertz CT molecular complexity index is 918. The highest BCUT2D eigenvalue weighted by atomic mass is 32.1. The number of rotatable bonds is 4. The average Bonchev–Trinajstić information content (AvgIpc) is 2.86. The molecule has 3 rings (SSSR count). The van der Waals surface area contributed by atoms with Crippen molar-refractivity contribution in [2.75, 3.05) is 7.11 Å². The highest BCUT2D eigenvalue weighted by Crippen LogP contribution is 2.21. The predicted molar refractivity (Wildman–Crippen MR) is 104 cm³/mol. The molecule has 6 nitrogen and oxygen atoms in total. The molecule has 7 heteroatoms. The summed E-state index contributed by atoms with van der Waals surface area (Å²) >= 11 is 5.24. The van der Waals surface area contributed by atoms with Crippen LogP contribution in [0.4, 0.5) is 0 Å². The van der Waals surface area contributed by atoms with Crippen LogP contribution in [0.1, 0.15) is 49.4 Å². The van der Waals surface area contributed by atoms with E-state index in [1.807, 2.05) is 6.92 Å². The van der Waals surface area contributed by atoms with Crippen LogP contribution in [-0.2, 0) is 11.3 Å². The number of H-pyrrole nitrogens is 1. The van der Waals surface area contributed by atoms with Crippen molar-refractivity contribution in [1.29, 1.82) is 0 Å². The summed E-state index contributed by atoms with van der Waals surface area (Å²) in [6, 6.07) is 5.08. The molecule has 140 valence electrons. The minimum atomic E-state index is -0.153. The number of benzene rings is 1. The Morgan fingerprint density at radius 3 is 2.85 bits per heavy atom. The third kappa shape index (κ3) is 3.73. The molecule has 1 aromatic heterocycles. The van der Waals surface area contributed by atoms with E-state index in [9.17, 15) is 9.59 Å². The summed E-state index contributed by atoms with van der Waals surface area (Å²) in [5, 5.41) is 3.63. The summed E-state index contributed by atoms with van der Waals surface area (Å²) in [5.41, 5.74) is 0.957. The van der Waals surface area contributed by atoms with Gasteiger partial charge in [-0.3, -0.25) is 14.2 Å². The highest BCUT2D eigenvalue weighted by Gasteiger charge is 2.25. The second-order valence-electron chi connectivity index (χ2n) is 6.73. The SMILES string of the molecule is CCn1c(=S)[nH]c2cc(C(=O)N[C@@H]3CCCCC[C@H]3OC)ccc2c1=O. The van der Waals surface area contributed by atoms with Gasteiger partial charge in [-0.1, -0.05) is 19.3 Å². The van der Waals surface area contributed by atoms with Crippen molar-refractivity contribution in [1.82, 2.24) is 14.9 Å². The summed E-state index contributed by atoms with van der Waals surface area (Å²) < 4.78 is 7.44. The van der Waals surface area contributed by atoms with Crippen LogP contribution in [0.25, 0.3) is 10.9 Å². The summed E-state index contributed by atoms with van der Waals surface area (Å²) in [7, 11) is 1.70. The van der Waals surface area contributed by atoms with Crippen LogP contribution in [0.15, 0.2) is 23.0 Å². The van der Waals surface area contributed by atoms with Crippen LogP contribution in [0, 0.1) is 4.77 Å². The maximum absolute atomic E-state index is 12.7. The summed E-state index contributed by atoms with van der Waals surface area (Å²) in [4.78, 5) is 28.2. The predicted octanol–water partition coefficient (Wildman–Crippen LogP) is 3.16. The Labute approximate surface area is 157 Å². The molecule has 2 aromatic rings. The number of methoxy groups -OCH3 is 1. The van der Waals surface area contributed by atoms with Gasteiger partial charge in [0.1, 0.15) is 0 Å². The minimum absolute atomic E-state index is 0.0114. The van der Waals surface area contributed by atoms with Crippen molar-refractivity contribution in [2.24, 2.45) is 0 Å². The molecule has 2 N–H and O–H groups in total. The normalized spacial score (nSPS) is 20.7. The lowest BCUT2D eigenvalue weighted by atomic mass is 10.0. The zero-order chi connectivity index (χ0) is 18.7. The Hall–Kier alpha value is -1.99. The molecule has 26 heavy (non-hydrogen) atoms. The van der Waals surface area contributed by atoms with Crippen LogP contribution in [0.3, 0.4) is 0 Å². The number of fused-ring (bicyclic) bond motifs is 1. The number of carbonyl (C=O) groups excluding carboxylic acids is 1. The fourth-order valence-electron chi connectivity index (χ4n) is 3.66. The van der Waals surface area contributed by atoms with Crippen molar-refractivity contribution >= 4 is 29.0 Å². The van der Waals surface area contributed by atoms with Crippen molar-refractivity contribution < 1.29 is 9.53 Å². The molecule has 0 spiro atoms. The van der Waals surface area contributed by atoms with Gasteiger partial charge in [0.25, 0.3) is 11.5 Å². The van der Waals surface area contributed by atoms with Crippen molar-refractivity contribution in [3.8, 4) is 0 Å². The van der Waals surface area contributed by atoms with Gasteiger partial charge in [-0.25, -0.2) is 0 Å². The Morgan fingerprint density at radius 2 is 2.12 bits per heavy atom. The third-order valence-electron chi connectivity index (χ3n) is 5.13. The first-order chi connectivity index (χ1) is 12.5. The smallest absolute Gasteiger partial charge is 0.262 e. The van der Waals surface area contributed by atoms with Gasteiger partial charge in [0.15, 0.2) is 4.77 Å². The van der Waals surface area contributed by atoms with E-state index in [-0.39, 0.29) is 23.6 Å². The van der Waals surface area contributed by atoms with Crippen LogP contribution >= 0.6 is 12.2 Å². The molecule has 1 aliphatic rings. The second-order valence-corrected chi connectivity index (χ2v) is 7.12. The van der Waals surface area contributed by atoms with Gasteiger partial charge in [0.2, 0.25) is 0 Å².